The van der Waals surface area contributed by atoms with Crippen LogP contribution in [0.3, 0.4) is 0 Å². The van der Waals surface area contributed by atoms with Gasteiger partial charge in [-0.1, -0.05) is 12.2 Å². The van der Waals surface area contributed by atoms with Gasteiger partial charge in [-0.25, -0.2) is 0 Å². The summed E-state index contributed by atoms with van der Waals surface area (Å²) in [4.78, 5) is 0. The van der Waals surface area contributed by atoms with E-state index in [0.29, 0.717) is 13.2 Å². The van der Waals surface area contributed by atoms with Crippen molar-refractivity contribution in [2.75, 3.05) is 20.3 Å². The summed E-state index contributed by atoms with van der Waals surface area (Å²) in [7, 11) is 1.67. The fourth-order valence-electron chi connectivity index (χ4n) is 1.11. The van der Waals surface area contributed by atoms with E-state index in [1.165, 1.54) is 0 Å². The van der Waals surface area contributed by atoms with Crippen LogP contribution in [-0.2, 0) is 58.5 Å². The molecule has 126 valence electrons. The van der Waals surface area contributed by atoms with E-state index in [-0.39, 0.29) is 27.2 Å². The SMILES string of the molecule is COC/C=C/[C@H]1COC(C)(C)O1.[C-]#[O+].[C-]#[O+].[C-]#[O+].[C-]#[O+].[C-]#[O+].[W]. The molecule has 23 heavy (non-hydrogen) atoms. The Kier molecular flexibility index (Phi) is 61.5. The molecule has 8 nitrogen and oxygen atoms in total. The fraction of sp³-hybridized carbons (Fsp3) is 0.500. The zero-order chi connectivity index (χ0) is 19.0. The van der Waals surface area contributed by atoms with Gasteiger partial charge in [0.2, 0.25) is 0 Å². The summed E-state index contributed by atoms with van der Waals surface area (Å²) in [6, 6.07) is 0. The van der Waals surface area contributed by atoms with Gasteiger partial charge >= 0.3 is 56.5 Å². The van der Waals surface area contributed by atoms with E-state index in [1.807, 2.05) is 26.0 Å². The Morgan fingerprint density at radius 3 is 1.65 bits per heavy atom. The maximum atomic E-state index is 7.50. The van der Waals surface area contributed by atoms with Crippen molar-refractivity contribution < 1.29 is 58.5 Å². The maximum Gasteiger partial charge on any atom is 0 e. The minimum absolute atomic E-state index is 0. The molecule has 1 aliphatic heterocycles. The van der Waals surface area contributed by atoms with Crippen molar-refractivity contribution in [2.24, 2.45) is 0 Å². The van der Waals surface area contributed by atoms with Gasteiger partial charge in [-0.3, -0.25) is 0 Å². The van der Waals surface area contributed by atoms with Crippen molar-refractivity contribution in [3.8, 4) is 0 Å². The average molecular weight is 496 g/mol. The Hall–Kier alpha value is -0.992. The second kappa shape index (κ2) is 37.3. The van der Waals surface area contributed by atoms with Crippen molar-refractivity contribution in [2.45, 2.75) is 25.7 Å². The van der Waals surface area contributed by atoms with Crippen molar-refractivity contribution >= 4 is 0 Å². The molecule has 0 amide bonds. The van der Waals surface area contributed by atoms with Crippen molar-refractivity contribution in [3.05, 3.63) is 45.4 Å². The van der Waals surface area contributed by atoms with Crippen LogP contribution < -0.4 is 0 Å². The number of hydrogen-bond acceptors (Lipinski definition) is 3. The van der Waals surface area contributed by atoms with E-state index in [9.17, 15) is 0 Å². The third-order valence-corrected chi connectivity index (χ3v) is 1.64. The van der Waals surface area contributed by atoms with Gasteiger partial charge in [0, 0.05) is 28.2 Å². The smallest absolute Gasteiger partial charge is 0 e. The summed E-state index contributed by atoms with van der Waals surface area (Å²) >= 11 is 0. The number of ether oxygens (including phenoxy) is 3. The Bertz CT molecular complexity index is 306. The molecule has 1 saturated heterocycles. The molecule has 0 aromatic rings. The van der Waals surface area contributed by atoms with Crippen LogP contribution >= 0.6 is 0 Å². The number of rotatable bonds is 3. The summed E-state index contributed by atoms with van der Waals surface area (Å²) in [6.07, 6.45) is 3.99. The molecule has 9 heteroatoms. The van der Waals surface area contributed by atoms with E-state index in [4.69, 9.17) is 37.5 Å². The number of hydrogen-bond donors (Lipinski definition) is 0. The van der Waals surface area contributed by atoms with Crippen LogP contribution in [0.4, 0.5) is 0 Å². The van der Waals surface area contributed by atoms with Crippen LogP contribution in [0, 0.1) is 33.3 Å². The zero-order valence-electron chi connectivity index (χ0n) is 12.8. The molecule has 1 aliphatic rings. The largest absolute Gasteiger partial charge is 0 e. The third kappa shape index (κ3) is 33.7. The monoisotopic (exact) mass is 496 g/mol. The van der Waals surface area contributed by atoms with Crippen molar-refractivity contribution in [1.29, 1.82) is 0 Å². The van der Waals surface area contributed by atoms with E-state index in [2.05, 4.69) is 33.3 Å². The molecular weight excluding hydrogens is 480 g/mol. The van der Waals surface area contributed by atoms with Crippen molar-refractivity contribution in [3.63, 3.8) is 0 Å². The predicted octanol–water partition coefficient (Wildman–Crippen LogP) is 1.15. The van der Waals surface area contributed by atoms with Crippen LogP contribution in [0.5, 0.6) is 0 Å². The predicted molar refractivity (Wildman–Crippen MR) is 65.6 cm³/mol. The van der Waals surface area contributed by atoms with E-state index in [1.54, 1.807) is 7.11 Å². The van der Waals surface area contributed by atoms with Gasteiger partial charge in [-0.15, -0.1) is 0 Å². The zero-order valence-corrected chi connectivity index (χ0v) is 15.8. The molecule has 0 aromatic heterocycles. The molecule has 0 aliphatic carbocycles. The van der Waals surface area contributed by atoms with Crippen LogP contribution in [-0.4, -0.2) is 32.2 Å². The Labute approximate surface area is 150 Å². The average Bonchev–Trinajstić information content (AvgIpc) is 2.96. The minimum Gasteiger partial charge on any atom is 0 e. The molecule has 0 saturated carbocycles. The summed E-state index contributed by atoms with van der Waals surface area (Å²) in [5, 5.41) is 0. The van der Waals surface area contributed by atoms with Gasteiger partial charge in [0.05, 0.1) is 13.2 Å². The molecule has 1 fully saturated rings. The van der Waals surface area contributed by atoms with Gasteiger partial charge < -0.3 is 14.2 Å². The van der Waals surface area contributed by atoms with Gasteiger partial charge in [-0.05, 0) is 13.8 Å². The number of methoxy groups -OCH3 is 1. The summed E-state index contributed by atoms with van der Waals surface area (Å²) < 4.78 is 53.3. The topological polar surface area (TPSA) is 127 Å². The molecule has 1 heterocycles. The first-order valence-corrected chi connectivity index (χ1v) is 5.13. The Morgan fingerprint density at radius 2 is 1.39 bits per heavy atom. The molecular formula is C14H16O8W. The molecule has 1 rings (SSSR count). The normalized spacial score (nSPS) is 15.3. The molecule has 0 N–H and O–H groups in total. The molecule has 0 spiro atoms. The quantitative estimate of drug-likeness (QED) is 0.331. The first kappa shape index (κ1) is 37.9. The maximum absolute atomic E-state index is 7.50. The van der Waals surface area contributed by atoms with Gasteiger partial charge in [0.25, 0.3) is 0 Å². The standard InChI is InChI=1S/C9H16O3.5CO.W/c1-9(2)11-7-8(12-9)5-4-6-10-3;5*1-2;/h4-5,8H,6-7H2,1-3H3;;;;;;/b5-4+;;;;;;/t8-;;;;;;/m0....../s1. The second-order valence-corrected chi connectivity index (χ2v) is 3.25. The van der Waals surface area contributed by atoms with Gasteiger partial charge in [-0.2, -0.15) is 0 Å². The second-order valence-electron chi connectivity index (χ2n) is 3.25. The molecule has 0 unspecified atom stereocenters. The van der Waals surface area contributed by atoms with E-state index >= 15 is 0 Å². The Balaban J connectivity index is -0.0000000565. The summed E-state index contributed by atoms with van der Waals surface area (Å²) in [5.41, 5.74) is 0. The fourth-order valence-corrected chi connectivity index (χ4v) is 1.11. The third-order valence-electron chi connectivity index (χ3n) is 1.64. The van der Waals surface area contributed by atoms with Crippen molar-refractivity contribution in [1.82, 2.24) is 0 Å². The Morgan fingerprint density at radius 1 is 1.00 bits per heavy atom. The minimum atomic E-state index is -0.428. The van der Waals surface area contributed by atoms with Crippen LogP contribution in [0.1, 0.15) is 13.8 Å². The molecule has 1 atom stereocenters. The first-order valence-electron chi connectivity index (χ1n) is 5.13. The molecule has 0 bridgehead atoms. The molecule has 0 aromatic carbocycles. The van der Waals surface area contributed by atoms with Crippen LogP contribution in [0.2, 0.25) is 0 Å². The van der Waals surface area contributed by atoms with E-state index < -0.39 is 5.79 Å². The summed E-state index contributed by atoms with van der Waals surface area (Å²) in [5.74, 6) is -0.428. The van der Waals surface area contributed by atoms with Crippen LogP contribution in [0.25, 0.3) is 0 Å². The van der Waals surface area contributed by atoms with Gasteiger partial charge in [0.1, 0.15) is 6.10 Å². The molecule has 0 radical (unpaired) electrons. The van der Waals surface area contributed by atoms with Crippen LogP contribution in [0.15, 0.2) is 12.2 Å². The van der Waals surface area contributed by atoms with E-state index in [0.717, 1.165) is 0 Å². The van der Waals surface area contributed by atoms with Gasteiger partial charge in [0.15, 0.2) is 5.79 Å². The summed E-state index contributed by atoms with van der Waals surface area (Å²) in [6.45, 7) is 27.6. The first-order chi connectivity index (χ1) is 10.6.